The van der Waals surface area contributed by atoms with Crippen molar-refractivity contribution in [1.29, 1.82) is 0 Å². The van der Waals surface area contributed by atoms with Gasteiger partial charge in [-0.1, -0.05) is 42.4 Å². The number of hydrogen-bond acceptors (Lipinski definition) is 6. The van der Waals surface area contributed by atoms with Gasteiger partial charge in [-0.15, -0.1) is 0 Å². The van der Waals surface area contributed by atoms with Gasteiger partial charge < -0.3 is 24.2 Å². The minimum absolute atomic E-state index is 0.107. The van der Waals surface area contributed by atoms with Gasteiger partial charge in [0.2, 0.25) is 5.91 Å². The first-order chi connectivity index (χ1) is 20.3. The van der Waals surface area contributed by atoms with E-state index in [2.05, 4.69) is 6.58 Å². The number of amides is 2. The molecule has 2 heterocycles. The van der Waals surface area contributed by atoms with Gasteiger partial charge in [0.25, 0.3) is 5.91 Å². The second-order valence-corrected chi connectivity index (χ2v) is 13.0. The van der Waals surface area contributed by atoms with E-state index in [0.29, 0.717) is 60.4 Å². The van der Waals surface area contributed by atoms with E-state index in [0.717, 1.165) is 16.3 Å². The second-order valence-electron chi connectivity index (χ2n) is 12.6. The Kier molecular flexibility index (Phi) is 8.54. The smallest absolute Gasteiger partial charge is 0.316 e. The van der Waals surface area contributed by atoms with Crippen LogP contribution in [0.4, 0.5) is 5.69 Å². The molecular weight excluding hydrogens is 566 g/mol. The number of likely N-dealkylation sites (tertiary alicyclic amines) is 1. The number of hydrogen-bond donors (Lipinski definition) is 0. The fourth-order valence-electron chi connectivity index (χ4n) is 5.37. The van der Waals surface area contributed by atoms with Crippen LogP contribution in [0, 0.1) is 11.3 Å². The molecule has 2 amide bonds. The molecule has 8 nitrogen and oxygen atoms in total. The maximum atomic E-state index is 13.7. The van der Waals surface area contributed by atoms with Crippen molar-refractivity contribution >= 4 is 45.8 Å². The molecule has 0 spiro atoms. The molecule has 1 atom stereocenters. The molecular formula is C34H38ClN3O5. The first kappa shape index (κ1) is 30.6. The van der Waals surface area contributed by atoms with E-state index in [4.69, 9.17) is 21.1 Å². The lowest BCUT2D eigenvalue weighted by molar-refractivity contribution is -0.143. The second kappa shape index (κ2) is 12.0. The number of carbonyl (C=O) groups is 3. The highest BCUT2D eigenvalue weighted by molar-refractivity contribution is 6.34. The highest BCUT2D eigenvalue weighted by atomic mass is 35.5. The summed E-state index contributed by atoms with van der Waals surface area (Å²) < 4.78 is 12.2. The van der Waals surface area contributed by atoms with Crippen LogP contribution in [0.15, 0.2) is 61.2 Å². The predicted octanol–water partition coefficient (Wildman–Crippen LogP) is 5.80. The Morgan fingerprint density at radius 3 is 2.51 bits per heavy atom. The molecule has 0 N–H and O–H groups in total. The fraction of sp³-hybridized carbons (Fsp3) is 0.382. The highest BCUT2D eigenvalue weighted by Gasteiger charge is 2.39. The van der Waals surface area contributed by atoms with E-state index in [1.165, 1.54) is 6.08 Å². The van der Waals surface area contributed by atoms with E-state index < -0.39 is 11.5 Å². The zero-order chi connectivity index (χ0) is 31.1. The topological polar surface area (TPSA) is 79.4 Å². The van der Waals surface area contributed by atoms with Gasteiger partial charge in [-0.25, -0.2) is 0 Å². The van der Waals surface area contributed by atoms with Crippen LogP contribution in [0.5, 0.6) is 11.5 Å². The summed E-state index contributed by atoms with van der Waals surface area (Å²) in [5.41, 5.74) is 1.43. The van der Waals surface area contributed by atoms with Crippen molar-refractivity contribution in [2.24, 2.45) is 11.3 Å². The standard InChI is InChI=1S/C34H38ClN3O5/c1-7-31(39)37-18-21(19-37)20-38-28-17-27(35)26(16-30(28)43-29(32(38)40)12-13-36(5)6)25-15-23(42-33(41)34(2,3)4)14-22-10-8-9-11-24(22)25/h7-11,14-17,21,29H,1,12-13,18-20H2,2-6H3/t29-/m1/s1. The van der Waals surface area contributed by atoms with Crippen molar-refractivity contribution in [2.45, 2.75) is 33.3 Å². The molecule has 0 unspecified atom stereocenters. The summed E-state index contributed by atoms with van der Waals surface area (Å²) in [6.07, 6.45) is 1.17. The Morgan fingerprint density at radius 2 is 1.84 bits per heavy atom. The van der Waals surface area contributed by atoms with Crippen LogP contribution in [0.2, 0.25) is 5.02 Å². The lowest BCUT2D eigenvalue weighted by atomic mass is 9.95. The summed E-state index contributed by atoms with van der Waals surface area (Å²) in [5.74, 6) is 0.549. The lowest BCUT2D eigenvalue weighted by Gasteiger charge is -2.43. The average Bonchev–Trinajstić information content (AvgIpc) is 2.93. The molecule has 5 rings (SSSR count). The van der Waals surface area contributed by atoms with E-state index >= 15 is 0 Å². The first-order valence-electron chi connectivity index (χ1n) is 14.5. The van der Waals surface area contributed by atoms with Crippen LogP contribution < -0.4 is 14.4 Å². The fourth-order valence-corrected chi connectivity index (χ4v) is 5.63. The molecule has 3 aromatic rings. The Bertz CT molecular complexity index is 1590. The maximum Gasteiger partial charge on any atom is 0.316 e. The Morgan fingerprint density at radius 1 is 1.12 bits per heavy atom. The van der Waals surface area contributed by atoms with Crippen molar-refractivity contribution in [2.75, 3.05) is 45.2 Å². The Balaban J connectivity index is 1.55. The van der Waals surface area contributed by atoms with Crippen LogP contribution in [0.1, 0.15) is 27.2 Å². The minimum Gasteiger partial charge on any atom is -0.478 e. The molecule has 0 radical (unpaired) electrons. The van der Waals surface area contributed by atoms with Crippen molar-refractivity contribution < 1.29 is 23.9 Å². The van der Waals surface area contributed by atoms with E-state index in [-0.39, 0.29) is 23.7 Å². The summed E-state index contributed by atoms with van der Waals surface area (Å²) in [7, 11) is 3.92. The largest absolute Gasteiger partial charge is 0.478 e. The van der Waals surface area contributed by atoms with E-state index in [9.17, 15) is 14.4 Å². The predicted molar refractivity (Wildman–Crippen MR) is 170 cm³/mol. The molecule has 0 aliphatic carbocycles. The zero-order valence-corrected chi connectivity index (χ0v) is 26.1. The molecule has 2 aliphatic heterocycles. The lowest BCUT2D eigenvalue weighted by Crippen LogP contribution is -2.56. The summed E-state index contributed by atoms with van der Waals surface area (Å²) >= 11 is 6.97. The third-order valence-corrected chi connectivity index (χ3v) is 8.13. The average molecular weight is 604 g/mol. The number of nitrogens with zero attached hydrogens (tertiary/aromatic N) is 3. The van der Waals surface area contributed by atoms with Gasteiger partial charge in [-0.3, -0.25) is 14.4 Å². The third-order valence-electron chi connectivity index (χ3n) is 7.82. The first-order valence-corrected chi connectivity index (χ1v) is 14.9. The summed E-state index contributed by atoms with van der Waals surface area (Å²) in [6.45, 7) is 11.3. The maximum absolute atomic E-state index is 13.7. The van der Waals surface area contributed by atoms with Crippen LogP contribution in [0.25, 0.3) is 21.9 Å². The molecule has 0 saturated carbocycles. The summed E-state index contributed by atoms with van der Waals surface area (Å²) in [4.78, 5) is 43.9. The number of halogens is 1. The van der Waals surface area contributed by atoms with Gasteiger partial charge in [0, 0.05) is 44.1 Å². The normalized spacial score (nSPS) is 17.0. The number of anilines is 1. The van der Waals surface area contributed by atoms with Gasteiger partial charge in [0.05, 0.1) is 16.1 Å². The molecule has 3 aromatic carbocycles. The number of carbonyl (C=O) groups excluding carboxylic acids is 3. The van der Waals surface area contributed by atoms with Gasteiger partial charge in [0.15, 0.2) is 6.10 Å². The van der Waals surface area contributed by atoms with E-state index in [1.807, 2.05) is 82.2 Å². The zero-order valence-electron chi connectivity index (χ0n) is 25.4. The number of rotatable bonds is 8. The third kappa shape index (κ3) is 6.40. The van der Waals surface area contributed by atoms with Crippen molar-refractivity contribution in [3.63, 3.8) is 0 Å². The molecule has 1 fully saturated rings. The number of fused-ring (bicyclic) bond motifs is 2. The highest BCUT2D eigenvalue weighted by Crippen LogP contribution is 2.45. The Labute approximate surface area is 257 Å². The molecule has 0 bridgehead atoms. The SMILES string of the molecule is C=CC(=O)N1CC(CN2C(=O)[C@@H](CCN(C)C)Oc3cc(-c4cc(OC(=O)C(C)(C)C)cc5ccccc45)c(Cl)cc32)C1. The summed E-state index contributed by atoms with van der Waals surface area (Å²) in [5, 5.41) is 2.28. The van der Waals surface area contributed by atoms with Gasteiger partial charge >= 0.3 is 5.97 Å². The monoisotopic (exact) mass is 603 g/mol. The molecule has 0 aromatic heterocycles. The van der Waals surface area contributed by atoms with Crippen LogP contribution in [-0.4, -0.2) is 74.0 Å². The van der Waals surface area contributed by atoms with E-state index in [1.54, 1.807) is 15.9 Å². The minimum atomic E-state index is -0.670. The Hall–Kier alpha value is -3.88. The number of esters is 1. The van der Waals surface area contributed by atoms with Crippen LogP contribution in [-0.2, 0) is 14.4 Å². The molecule has 2 aliphatic rings. The van der Waals surface area contributed by atoms with Gasteiger partial charge in [-0.2, -0.15) is 0 Å². The van der Waals surface area contributed by atoms with Crippen molar-refractivity contribution in [3.8, 4) is 22.6 Å². The van der Waals surface area contributed by atoms with Crippen molar-refractivity contribution in [3.05, 3.63) is 66.2 Å². The van der Waals surface area contributed by atoms with Crippen LogP contribution in [0.3, 0.4) is 0 Å². The number of benzene rings is 3. The molecule has 226 valence electrons. The number of ether oxygens (including phenoxy) is 2. The van der Waals surface area contributed by atoms with Crippen molar-refractivity contribution in [1.82, 2.24) is 9.80 Å². The molecule has 1 saturated heterocycles. The van der Waals surface area contributed by atoms with Gasteiger partial charge in [-0.05, 0) is 81.5 Å². The van der Waals surface area contributed by atoms with Gasteiger partial charge in [0.1, 0.15) is 11.5 Å². The molecule has 9 heteroatoms. The summed E-state index contributed by atoms with van der Waals surface area (Å²) in [6, 6.07) is 15.2. The quantitative estimate of drug-likeness (QED) is 0.184. The van der Waals surface area contributed by atoms with Crippen LogP contribution >= 0.6 is 11.6 Å². The molecule has 43 heavy (non-hydrogen) atoms.